The van der Waals surface area contributed by atoms with Crippen molar-refractivity contribution in [1.29, 1.82) is 5.26 Å². The predicted molar refractivity (Wildman–Crippen MR) is 89.8 cm³/mol. The third kappa shape index (κ3) is 5.99. The molecule has 1 aliphatic heterocycles. The predicted octanol–water partition coefficient (Wildman–Crippen LogP) is 1.70. The van der Waals surface area contributed by atoms with Gasteiger partial charge >= 0.3 is 0 Å². The van der Waals surface area contributed by atoms with Crippen LogP contribution < -0.4 is 11.1 Å². The lowest BCUT2D eigenvalue weighted by Crippen LogP contribution is -2.58. The van der Waals surface area contributed by atoms with E-state index in [0.717, 1.165) is 13.1 Å². The van der Waals surface area contributed by atoms with Gasteiger partial charge < -0.3 is 16.0 Å². The molecule has 21 heavy (non-hydrogen) atoms. The van der Waals surface area contributed by atoms with Gasteiger partial charge in [0.25, 0.3) is 0 Å². The minimum Gasteiger partial charge on any atom is -0.326 e. The van der Waals surface area contributed by atoms with Gasteiger partial charge in [0.05, 0.1) is 12.1 Å². The maximum atomic E-state index is 12.4. The number of nitrogens with zero attached hydrogens (tertiary/aromatic N) is 2. The number of nitrogens with two attached hydrogens (primary N) is 1. The second-order valence-corrected chi connectivity index (χ2v) is 6.66. The summed E-state index contributed by atoms with van der Waals surface area (Å²) in [6, 6.07) is 1.79. The first kappa shape index (κ1) is 22.7. The Balaban J connectivity index is 0. The molecule has 1 amide bonds. The Kier molecular flexibility index (Phi) is 9.52. The van der Waals surface area contributed by atoms with Crippen molar-refractivity contribution in [2.45, 2.75) is 51.6 Å². The normalized spacial score (nSPS) is 18.5. The van der Waals surface area contributed by atoms with E-state index in [-0.39, 0.29) is 36.1 Å². The molecule has 1 saturated heterocycles. The molecule has 7 heteroatoms. The van der Waals surface area contributed by atoms with Crippen LogP contribution in [0.15, 0.2) is 0 Å². The van der Waals surface area contributed by atoms with Gasteiger partial charge in [-0.25, -0.2) is 0 Å². The van der Waals surface area contributed by atoms with E-state index in [2.05, 4.69) is 32.2 Å². The third-order valence-electron chi connectivity index (χ3n) is 3.76. The average Bonchev–Trinajstić information content (AvgIpc) is 2.35. The van der Waals surface area contributed by atoms with Crippen molar-refractivity contribution in [3.63, 3.8) is 0 Å². The van der Waals surface area contributed by atoms with Crippen molar-refractivity contribution >= 4 is 30.7 Å². The highest BCUT2D eigenvalue weighted by Crippen LogP contribution is 2.27. The molecule has 1 heterocycles. The van der Waals surface area contributed by atoms with E-state index in [1.54, 1.807) is 11.9 Å². The number of halogens is 2. The molecule has 0 saturated carbocycles. The summed E-state index contributed by atoms with van der Waals surface area (Å²) in [5.74, 6) is -0.127. The molecule has 1 fully saturated rings. The van der Waals surface area contributed by atoms with Crippen LogP contribution >= 0.6 is 24.8 Å². The largest absolute Gasteiger partial charge is 0.326 e. The molecule has 1 unspecified atom stereocenters. The molecule has 1 atom stereocenters. The second kappa shape index (κ2) is 8.79. The van der Waals surface area contributed by atoms with E-state index in [1.165, 1.54) is 0 Å². The summed E-state index contributed by atoms with van der Waals surface area (Å²) in [7, 11) is 1.71. The van der Waals surface area contributed by atoms with E-state index in [1.807, 2.05) is 0 Å². The van der Waals surface area contributed by atoms with Gasteiger partial charge in [-0.2, -0.15) is 5.26 Å². The molecule has 0 aliphatic carbocycles. The maximum absolute atomic E-state index is 12.4. The van der Waals surface area contributed by atoms with E-state index < -0.39 is 11.6 Å². The molecule has 1 rings (SSSR count). The molecule has 1 aliphatic rings. The number of amides is 1. The van der Waals surface area contributed by atoms with Crippen LogP contribution in [-0.2, 0) is 4.79 Å². The van der Waals surface area contributed by atoms with Crippen LogP contribution in [0.1, 0.15) is 40.0 Å². The zero-order chi connectivity index (χ0) is 14.7. The molecule has 5 nitrogen and oxygen atoms in total. The molecule has 0 radical (unpaired) electrons. The van der Waals surface area contributed by atoms with E-state index in [0.29, 0.717) is 19.3 Å². The number of nitrogens with one attached hydrogen (secondary N) is 1. The Labute approximate surface area is 140 Å². The molecular formula is C14H28Cl2N4O. The summed E-state index contributed by atoms with van der Waals surface area (Å²) in [6.45, 7) is 7.71. The van der Waals surface area contributed by atoms with Crippen molar-refractivity contribution < 1.29 is 4.79 Å². The van der Waals surface area contributed by atoms with Crippen molar-refractivity contribution in [3.05, 3.63) is 0 Å². The fraction of sp³-hybridized carbons (Fsp3) is 0.857. The number of hydrogen-bond acceptors (Lipinski definition) is 4. The monoisotopic (exact) mass is 338 g/mol. The lowest BCUT2D eigenvalue weighted by Gasteiger charge is -2.40. The van der Waals surface area contributed by atoms with Gasteiger partial charge in [0.1, 0.15) is 5.54 Å². The number of carbonyl (C=O) groups is 1. The van der Waals surface area contributed by atoms with Crippen LogP contribution in [-0.4, -0.2) is 42.5 Å². The van der Waals surface area contributed by atoms with Gasteiger partial charge in [-0.3, -0.25) is 4.79 Å². The summed E-state index contributed by atoms with van der Waals surface area (Å²) in [5, 5.41) is 12.7. The highest BCUT2D eigenvalue weighted by Gasteiger charge is 2.40. The lowest BCUT2D eigenvalue weighted by atomic mass is 9.85. The maximum Gasteiger partial charge on any atom is 0.240 e. The Morgan fingerprint density at radius 2 is 1.86 bits per heavy atom. The topological polar surface area (TPSA) is 82.2 Å². The molecule has 124 valence electrons. The lowest BCUT2D eigenvalue weighted by molar-refractivity contribution is -0.136. The number of likely N-dealkylation sites (N-methyl/N-ethyl adjacent to an activating group) is 1. The molecule has 0 aromatic carbocycles. The van der Waals surface area contributed by atoms with Crippen molar-refractivity contribution in [2.24, 2.45) is 11.1 Å². The van der Waals surface area contributed by atoms with Crippen LogP contribution in [0.2, 0.25) is 0 Å². The minimum absolute atomic E-state index is 0. The number of hydrogen-bond donors (Lipinski definition) is 2. The molecule has 0 aromatic heterocycles. The number of piperidine rings is 1. The Morgan fingerprint density at radius 1 is 1.38 bits per heavy atom. The highest BCUT2D eigenvalue weighted by atomic mass is 35.5. The van der Waals surface area contributed by atoms with Gasteiger partial charge in [-0.1, -0.05) is 20.8 Å². The van der Waals surface area contributed by atoms with Gasteiger partial charge in [-0.05, 0) is 37.8 Å². The van der Waals surface area contributed by atoms with E-state index in [4.69, 9.17) is 5.73 Å². The first-order valence-electron chi connectivity index (χ1n) is 6.87. The summed E-state index contributed by atoms with van der Waals surface area (Å²) in [4.78, 5) is 14.0. The van der Waals surface area contributed by atoms with E-state index >= 15 is 0 Å². The molecule has 3 N–H and O–H groups in total. The Hall–Kier alpha value is -0.540. The quantitative estimate of drug-likeness (QED) is 0.820. The van der Waals surface area contributed by atoms with Crippen LogP contribution in [0.4, 0.5) is 0 Å². The fourth-order valence-electron chi connectivity index (χ4n) is 2.57. The first-order valence-corrected chi connectivity index (χ1v) is 6.87. The van der Waals surface area contributed by atoms with Gasteiger partial charge in [0, 0.05) is 7.05 Å². The van der Waals surface area contributed by atoms with Crippen molar-refractivity contribution in [2.75, 3.05) is 20.1 Å². The van der Waals surface area contributed by atoms with Crippen LogP contribution in [0.3, 0.4) is 0 Å². The number of rotatable bonds is 3. The van der Waals surface area contributed by atoms with Crippen LogP contribution in [0.5, 0.6) is 0 Å². The van der Waals surface area contributed by atoms with Gasteiger partial charge in [0.15, 0.2) is 0 Å². The van der Waals surface area contributed by atoms with Crippen molar-refractivity contribution in [3.8, 4) is 6.07 Å². The standard InChI is InChI=1S/C14H26N4O.2ClH/c1-13(2,3)9-11(16)12(19)18(4)14(10-15)5-7-17-8-6-14;;/h11,17H,5-9,16H2,1-4H3;2*1H. The zero-order valence-corrected chi connectivity index (χ0v) is 14.9. The number of nitriles is 1. The average molecular weight is 339 g/mol. The zero-order valence-electron chi connectivity index (χ0n) is 13.3. The fourth-order valence-corrected chi connectivity index (χ4v) is 2.57. The SMILES string of the molecule is CN(C(=O)C(N)CC(C)(C)C)C1(C#N)CCNCC1.Cl.Cl. The summed E-state index contributed by atoms with van der Waals surface area (Å²) in [5.41, 5.74) is 5.32. The first-order chi connectivity index (χ1) is 8.72. The molecule has 0 aromatic rings. The van der Waals surface area contributed by atoms with Gasteiger partial charge in [-0.15, -0.1) is 24.8 Å². The van der Waals surface area contributed by atoms with Crippen LogP contribution in [0.25, 0.3) is 0 Å². The minimum atomic E-state index is -0.697. The van der Waals surface area contributed by atoms with E-state index in [9.17, 15) is 10.1 Å². The molecule has 0 spiro atoms. The highest BCUT2D eigenvalue weighted by molar-refractivity contribution is 5.85. The number of carbonyl (C=O) groups excluding carboxylic acids is 1. The third-order valence-corrected chi connectivity index (χ3v) is 3.76. The summed E-state index contributed by atoms with van der Waals surface area (Å²) >= 11 is 0. The summed E-state index contributed by atoms with van der Waals surface area (Å²) in [6.07, 6.45) is 1.94. The van der Waals surface area contributed by atoms with Gasteiger partial charge in [0.2, 0.25) is 5.91 Å². The Morgan fingerprint density at radius 3 is 2.24 bits per heavy atom. The van der Waals surface area contributed by atoms with Crippen molar-refractivity contribution in [1.82, 2.24) is 10.2 Å². The van der Waals surface area contributed by atoms with Crippen LogP contribution in [0, 0.1) is 16.7 Å². The molecular weight excluding hydrogens is 311 g/mol. The smallest absolute Gasteiger partial charge is 0.240 e. The second-order valence-electron chi connectivity index (χ2n) is 6.66. The summed E-state index contributed by atoms with van der Waals surface area (Å²) < 4.78 is 0. The Bertz CT molecular complexity index is 370. The molecule has 0 bridgehead atoms.